The van der Waals surface area contributed by atoms with E-state index < -0.39 is 10.0 Å². The number of benzene rings is 3. The van der Waals surface area contributed by atoms with E-state index in [0.717, 1.165) is 34.7 Å². The fraction of sp³-hybridized carbons (Fsp3) is 0.286. The number of amides is 1. The molecule has 1 saturated heterocycles. The summed E-state index contributed by atoms with van der Waals surface area (Å²) in [6, 6.07) is 20.3. The summed E-state index contributed by atoms with van der Waals surface area (Å²) in [4.78, 5) is 22.2. The predicted molar refractivity (Wildman–Crippen MR) is 148 cm³/mol. The summed E-state index contributed by atoms with van der Waals surface area (Å²) < 4.78 is 29.5. The zero-order chi connectivity index (χ0) is 25.6. The average molecular weight is 533 g/mol. The second-order valence-corrected chi connectivity index (χ2v) is 12.5. The molecule has 0 atom stereocenters. The number of thiazole rings is 1. The van der Waals surface area contributed by atoms with Gasteiger partial charge in [0.1, 0.15) is 0 Å². The molecule has 6 rings (SSSR count). The number of hydrogen-bond donors (Lipinski definition) is 0. The number of sulfonamides is 1. The quantitative estimate of drug-likeness (QED) is 0.381. The highest BCUT2D eigenvalue weighted by Crippen LogP contribution is 2.32. The molecule has 1 amide bonds. The Morgan fingerprint density at radius 1 is 0.919 bits per heavy atom. The topological polar surface area (TPSA) is 73.8 Å². The van der Waals surface area contributed by atoms with Crippen molar-refractivity contribution in [2.75, 3.05) is 41.9 Å². The SMILES string of the molecule is Cc1ccc2nc(N3CCN(C(=O)c4ccc(S(=O)(=O)N5CCCc6ccccc65)cc4)CC3)sc2c1. The summed E-state index contributed by atoms with van der Waals surface area (Å²) >= 11 is 1.69. The Bertz CT molecular complexity index is 1570. The number of piperazine rings is 1. The van der Waals surface area contributed by atoms with Crippen LogP contribution in [0.2, 0.25) is 0 Å². The zero-order valence-electron chi connectivity index (χ0n) is 20.6. The van der Waals surface area contributed by atoms with Gasteiger partial charge in [-0.1, -0.05) is 35.6 Å². The van der Waals surface area contributed by atoms with Crippen LogP contribution in [-0.4, -0.2) is 56.9 Å². The zero-order valence-corrected chi connectivity index (χ0v) is 22.3. The third-order valence-electron chi connectivity index (χ3n) is 7.13. The van der Waals surface area contributed by atoms with Gasteiger partial charge in [-0.15, -0.1) is 0 Å². The van der Waals surface area contributed by atoms with Crippen LogP contribution < -0.4 is 9.21 Å². The lowest BCUT2D eigenvalue weighted by Gasteiger charge is -2.34. The molecule has 1 aromatic heterocycles. The lowest BCUT2D eigenvalue weighted by Crippen LogP contribution is -2.48. The van der Waals surface area contributed by atoms with Crippen LogP contribution in [-0.2, 0) is 16.4 Å². The number of nitrogens with zero attached hydrogens (tertiary/aromatic N) is 4. The van der Waals surface area contributed by atoms with E-state index in [9.17, 15) is 13.2 Å². The minimum atomic E-state index is -3.70. The normalized spacial score (nSPS) is 16.2. The standard InChI is InChI=1S/C28H28N4O3S2/c1-20-8-13-24-26(19-20)36-28(29-24)31-17-15-30(16-18-31)27(33)22-9-11-23(12-10-22)37(34,35)32-14-4-6-21-5-2-3-7-25(21)32/h2-3,5,7-13,19H,4,6,14-18H2,1H3. The summed E-state index contributed by atoms with van der Waals surface area (Å²) in [7, 11) is -3.70. The van der Waals surface area contributed by atoms with E-state index in [1.807, 2.05) is 29.2 Å². The smallest absolute Gasteiger partial charge is 0.264 e. The van der Waals surface area contributed by atoms with Crippen molar-refractivity contribution in [2.45, 2.75) is 24.7 Å². The van der Waals surface area contributed by atoms with Gasteiger partial charge in [0, 0.05) is 38.3 Å². The first-order valence-corrected chi connectivity index (χ1v) is 14.8. The Kier molecular flexibility index (Phi) is 6.12. The molecule has 0 saturated carbocycles. The van der Waals surface area contributed by atoms with Crippen molar-refractivity contribution in [3.05, 3.63) is 83.4 Å². The molecular formula is C28H28N4O3S2. The molecule has 4 aromatic rings. The number of para-hydroxylation sites is 1. The van der Waals surface area contributed by atoms with Crippen LogP contribution in [0, 0.1) is 6.92 Å². The number of carbonyl (C=O) groups is 1. The molecule has 37 heavy (non-hydrogen) atoms. The highest BCUT2D eigenvalue weighted by molar-refractivity contribution is 7.92. The van der Waals surface area contributed by atoms with Gasteiger partial charge in [-0.25, -0.2) is 13.4 Å². The molecule has 0 unspecified atom stereocenters. The number of aryl methyl sites for hydroxylation is 2. The Balaban J connectivity index is 1.14. The summed E-state index contributed by atoms with van der Waals surface area (Å²) in [6.07, 6.45) is 1.66. The average Bonchev–Trinajstić information content (AvgIpc) is 3.36. The third-order valence-corrected chi connectivity index (χ3v) is 10.0. The molecule has 2 aliphatic rings. The number of anilines is 2. The molecule has 2 aliphatic heterocycles. The number of carbonyl (C=O) groups excluding carboxylic acids is 1. The Hall–Kier alpha value is -3.43. The maximum absolute atomic E-state index is 13.4. The molecule has 9 heteroatoms. The van der Waals surface area contributed by atoms with Crippen LogP contribution in [0.25, 0.3) is 10.2 Å². The summed E-state index contributed by atoms with van der Waals surface area (Å²) in [5.41, 5.74) is 4.52. The third kappa shape index (κ3) is 4.46. The van der Waals surface area contributed by atoms with E-state index in [1.54, 1.807) is 35.6 Å². The first-order valence-electron chi connectivity index (χ1n) is 12.5. The Labute approximate surface area is 221 Å². The second kappa shape index (κ2) is 9.46. The van der Waals surface area contributed by atoms with Gasteiger partial charge in [-0.05, 0) is 73.4 Å². The molecule has 3 heterocycles. The Morgan fingerprint density at radius 2 is 1.68 bits per heavy atom. The van der Waals surface area contributed by atoms with Crippen molar-refractivity contribution in [3.63, 3.8) is 0 Å². The monoisotopic (exact) mass is 532 g/mol. The maximum atomic E-state index is 13.4. The molecule has 7 nitrogen and oxygen atoms in total. The highest BCUT2D eigenvalue weighted by atomic mass is 32.2. The van der Waals surface area contributed by atoms with Crippen molar-refractivity contribution < 1.29 is 13.2 Å². The van der Waals surface area contributed by atoms with Gasteiger partial charge in [0.2, 0.25) is 0 Å². The number of fused-ring (bicyclic) bond motifs is 2. The van der Waals surface area contributed by atoms with Crippen LogP contribution in [0.5, 0.6) is 0 Å². The molecule has 1 fully saturated rings. The minimum absolute atomic E-state index is 0.0770. The number of aromatic nitrogens is 1. The van der Waals surface area contributed by atoms with Gasteiger partial charge >= 0.3 is 0 Å². The van der Waals surface area contributed by atoms with E-state index in [4.69, 9.17) is 4.98 Å². The van der Waals surface area contributed by atoms with Crippen LogP contribution in [0.3, 0.4) is 0 Å². The molecule has 0 radical (unpaired) electrons. The van der Waals surface area contributed by atoms with E-state index in [0.29, 0.717) is 38.3 Å². The lowest BCUT2D eigenvalue weighted by molar-refractivity contribution is 0.0746. The van der Waals surface area contributed by atoms with E-state index in [2.05, 4.69) is 30.0 Å². The summed E-state index contributed by atoms with van der Waals surface area (Å²) in [5.74, 6) is -0.0770. The van der Waals surface area contributed by atoms with Gasteiger partial charge < -0.3 is 9.80 Å². The highest BCUT2D eigenvalue weighted by Gasteiger charge is 2.29. The van der Waals surface area contributed by atoms with Crippen molar-refractivity contribution in [1.82, 2.24) is 9.88 Å². The fourth-order valence-corrected chi connectivity index (χ4v) is 7.74. The largest absolute Gasteiger partial charge is 0.345 e. The Morgan fingerprint density at radius 3 is 2.46 bits per heavy atom. The van der Waals surface area contributed by atoms with E-state index >= 15 is 0 Å². The minimum Gasteiger partial charge on any atom is -0.345 e. The van der Waals surface area contributed by atoms with Gasteiger partial charge in [0.25, 0.3) is 15.9 Å². The lowest BCUT2D eigenvalue weighted by atomic mass is 10.0. The van der Waals surface area contributed by atoms with Crippen molar-refractivity contribution >= 4 is 48.3 Å². The van der Waals surface area contributed by atoms with E-state index in [1.165, 1.54) is 14.6 Å². The van der Waals surface area contributed by atoms with Gasteiger partial charge in [0.05, 0.1) is 20.8 Å². The van der Waals surface area contributed by atoms with Crippen LogP contribution in [0.1, 0.15) is 27.9 Å². The van der Waals surface area contributed by atoms with Crippen LogP contribution in [0.4, 0.5) is 10.8 Å². The van der Waals surface area contributed by atoms with E-state index in [-0.39, 0.29) is 10.8 Å². The second-order valence-electron chi connectivity index (χ2n) is 9.58. The molecule has 0 aliphatic carbocycles. The molecule has 0 N–H and O–H groups in total. The summed E-state index contributed by atoms with van der Waals surface area (Å²) in [6.45, 7) is 5.16. The van der Waals surface area contributed by atoms with Gasteiger partial charge in [0.15, 0.2) is 5.13 Å². The van der Waals surface area contributed by atoms with Gasteiger partial charge in [-0.2, -0.15) is 0 Å². The van der Waals surface area contributed by atoms with Gasteiger partial charge in [-0.3, -0.25) is 9.10 Å². The number of hydrogen-bond acceptors (Lipinski definition) is 6. The van der Waals surface area contributed by atoms with Crippen molar-refractivity contribution in [3.8, 4) is 0 Å². The first kappa shape index (κ1) is 23.9. The molecule has 0 bridgehead atoms. The van der Waals surface area contributed by atoms with Crippen molar-refractivity contribution in [2.24, 2.45) is 0 Å². The molecule has 0 spiro atoms. The maximum Gasteiger partial charge on any atom is 0.264 e. The molecule has 3 aromatic carbocycles. The first-order chi connectivity index (χ1) is 17.9. The fourth-order valence-electron chi connectivity index (χ4n) is 5.08. The molecule has 190 valence electrons. The van der Waals surface area contributed by atoms with Crippen LogP contribution in [0.15, 0.2) is 71.6 Å². The molecular weight excluding hydrogens is 504 g/mol. The number of rotatable bonds is 4. The van der Waals surface area contributed by atoms with Crippen molar-refractivity contribution in [1.29, 1.82) is 0 Å². The van der Waals surface area contributed by atoms with Crippen LogP contribution >= 0.6 is 11.3 Å². The predicted octanol–water partition coefficient (Wildman–Crippen LogP) is 4.71. The summed E-state index contributed by atoms with van der Waals surface area (Å²) in [5, 5.41) is 0.988.